The molecule has 0 radical (unpaired) electrons. The summed E-state index contributed by atoms with van der Waals surface area (Å²) in [6, 6.07) is 5.96. The number of nitrogen functional groups attached to an aromatic ring is 1. The summed E-state index contributed by atoms with van der Waals surface area (Å²) in [5.41, 5.74) is 14.7. The van der Waals surface area contributed by atoms with Crippen LogP contribution < -0.4 is 21.7 Å². The zero-order valence-electron chi connectivity index (χ0n) is 23.2. The number of nitrogens with one attached hydrogen (secondary N) is 1. The molecule has 3 heterocycles. The van der Waals surface area contributed by atoms with Gasteiger partial charge in [-0.1, -0.05) is 20.4 Å². The highest BCUT2D eigenvalue weighted by atomic mass is 19.4. The molecule has 9 nitrogen and oxygen atoms in total. The molecule has 0 spiro atoms. The second-order valence-electron chi connectivity index (χ2n) is 10.3. The number of carbonyl (C=O) groups is 1. The Morgan fingerprint density at radius 1 is 1.27 bits per heavy atom. The van der Waals surface area contributed by atoms with Crippen LogP contribution in [0.5, 0.6) is 0 Å². The number of anilines is 2. The van der Waals surface area contributed by atoms with E-state index in [2.05, 4.69) is 21.9 Å². The molecule has 4 rings (SSSR count). The number of nitrogens with zero attached hydrogens (tertiary/aromatic N) is 4. The monoisotopic (exact) mass is 569 g/mol. The molecule has 41 heavy (non-hydrogen) atoms. The van der Waals surface area contributed by atoms with E-state index >= 15 is 0 Å². The number of halogens is 3. The predicted octanol–water partition coefficient (Wildman–Crippen LogP) is 4.64. The highest BCUT2D eigenvalue weighted by Crippen LogP contribution is 2.31. The van der Waals surface area contributed by atoms with Crippen molar-refractivity contribution >= 4 is 34.1 Å². The Bertz CT molecular complexity index is 1480. The van der Waals surface area contributed by atoms with Gasteiger partial charge < -0.3 is 26.1 Å². The average molecular weight is 570 g/mol. The number of allylic oxidation sites excluding steroid dienone is 3. The number of rotatable bonds is 8. The molecule has 0 bridgehead atoms. The number of amides is 1. The number of hydrogen-bond donors (Lipinski definition) is 3. The van der Waals surface area contributed by atoms with Gasteiger partial charge in [0.15, 0.2) is 5.58 Å². The molecule has 1 atom stereocenters. The van der Waals surface area contributed by atoms with Crippen LogP contribution in [0.15, 0.2) is 65.5 Å². The molecule has 5 N–H and O–H groups in total. The van der Waals surface area contributed by atoms with Crippen LogP contribution in [0.3, 0.4) is 0 Å². The third-order valence-electron chi connectivity index (χ3n) is 6.81. The lowest BCUT2D eigenvalue weighted by Gasteiger charge is -2.40. The third kappa shape index (κ3) is 7.07. The molecule has 1 amide bonds. The van der Waals surface area contributed by atoms with Crippen molar-refractivity contribution in [2.75, 3.05) is 36.8 Å². The molecule has 0 unspecified atom stereocenters. The molecule has 0 saturated carbocycles. The van der Waals surface area contributed by atoms with Crippen molar-refractivity contribution in [2.45, 2.75) is 38.9 Å². The number of pyridine rings is 1. The van der Waals surface area contributed by atoms with E-state index in [1.165, 1.54) is 12.3 Å². The molecular formula is C29H34F3N7O2. The van der Waals surface area contributed by atoms with Crippen LogP contribution in [0.25, 0.3) is 16.7 Å². The van der Waals surface area contributed by atoms with Gasteiger partial charge in [0.25, 0.3) is 0 Å². The highest BCUT2D eigenvalue weighted by molar-refractivity contribution is 5.84. The topological polar surface area (TPSA) is 127 Å². The van der Waals surface area contributed by atoms with Gasteiger partial charge in [0.1, 0.15) is 11.3 Å². The van der Waals surface area contributed by atoms with Crippen LogP contribution in [-0.2, 0) is 11.0 Å². The molecular weight excluding hydrogens is 535 g/mol. The van der Waals surface area contributed by atoms with E-state index in [0.717, 1.165) is 17.8 Å². The summed E-state index contributed by atoms with van der Waals surface area (Å²) in [6.45, 7) is 11.8. The van der Waals surface area contributed by atoms with Crippen molar-refractivity contribution in [1.29, 1.82) is 0 Å². The second-order valence-corrected chi connectivity index (χ2v) is 10.3. The minimum Gasteiger partial charge on any atom is -0.436 e. The van der Waals surface area contributed by atoms with Crippen LogP contribution in [0, 0.1) is 0 Å². The number of aromatic nitrogens is 2. The largest absolute Gasteiger partial charge is 0.436 e. The first-order chi connectivity index (χ1) is 19.3. The number of hydrogen-bond acceptors (Lipinski definition) is 8. The Kier molecular flexibility index (Phi) is 8.72. The number of benzene rings is 1. The number of oxazole rings is 1. The lowest BCUT2D eigenvalue weighted by atomic mass is 10.0. The average Bonchev–Trinajstić information content (AvgIpc) is 3.34. The first-order valence-electron chi connectivity index (χ1n) is 13.2. The van der Waals surface area contributed by atoms with Crippen LogP contribution >= 0.6 is 0 Å². The molecule has 3 aromatic rings. The van der Waals surface area contributed by atoms with Crippen LogP contribution in [0.1, 0.15) is 43.7 Å². The van der Waals surface area contributed by atoms with Crippen molar-refractivity contribution < 1.29 is 22.4 Å². The minimum absolute atomic E-state index is 0.0589. The van der Waals surface area contributed by atoms with E-state index in [1.54, 1.807) is 18.2 Å². The van der Waals surface area contributed by atoms with Gasteiger partial charge in [0.05, 0.1) is 17.8 Å². The number of carbonyl (C=O) groups excluding carboxylic acids is 1. The molecule has 1 aromatic carbocycles. The van der Waals surface area contributed by atoms with Gasteiger partial charge in [-0.3, -0.25) is 9.69 Å². The highest BCUT2D eigenvalue weighted by Gasteiger charge is 2.32. The Hall–Kier alpha value is -4.32. The van der Waals surface area contributed by atoms with E-state index in [9.17, 15) is 18.0 Å². The van der Waals surface area contributed by atoms with Crippen LogP contribution in [0.4, 0.5) is 24.7 Å². The maximum atomic E-state index is 12.9. The van der Waals surface area contributed by atoms with Gasteiger partial charge in [0.2, 0.25) is 11.8 Å². The van der Waals surface area contributed by atoms with Gasteiger partial charge >= 0.3 is 6.18 Å². The number of fused-ring (bicyclic) bond motifs is 1. The Balaban J connectivity index is 1.32. The molecule has 2 aromatic heterocycles. The lowest BCUT2D eigenvalue weighted by Crippen LogP contribution is -2.54. The quantitative estimate of drug-likeness (QED) is 0.265. The summed E-state index contributed by atoms with van der Waals surface area (Å²) in [5.74, 6) is 0.737. The Labute approximate surface area is 236 Å². The molecule has 1 aliphatic rings. The van der Waals surface area contributed by atoms with Gasteiger partial charge in [-0.2, -0.15) is 13.2 Å². The summed E-state index contributed by atoms with van der Waals surface area (Å²) in [6.07, 6.45) is 0.957. The van der Waals surface area contributed by atoms with Gasteiger partial charge in [-0.05, 0) is 49.3 Å². The normalized spacial score (nSPS) is 17.1. The maximum Gasteiger partial charge on any atom is 0.417 e. The second kappa shape index (κ2) is 12.0. The van der Waals surface area contributed by atoms with Crippen molar-refractivity contribution in [3.8, 4) is 0 Å². The molecule has 12 heteroatoms. The Morgan fingerprint density at radius 2 is 2.02 bits per heavy atom. The molecule has 1 fully saturated rings. The zero-order valence-corrected chi connectivity index (χ0v) is 23.2. The molecule has 1 aliphatic heterocycles. The summed E-state index contributed by atoms with van der Waals surface area (Å²) >= 11 is 0. The number of piperazine rings is 1. The Morgan fingerprint density at radius 3 is 2.63 bits per heavy atom. The summed E-state index contributed by atoms with van der Waals surface area (Å²) in [4.78, 5) is 25.2. The fourth-order valence-corrected chi connectivity index (χ4v) is 4.69. The molecule has 1 saturated heterocycles. The maximum absolute atomic E-state index is 12.9. The summed E-state index contributed by atoms with van der Waals surface area (Å²) < 4.78 is 44.5. The van der Waals surface area contributed by atoms with Gasteiger partial charge in [-0.15, -0.1) is 0 Å². The lowest BCUT2D eigenvalue weighted by molar-refractivity contribution is -0.137. The first kappa shape index (κ1) is 29.7. The third-order valence-corrected chi connectivity index (χ3v) is 6.81. The van der Waals surface area contributed by atoms with E-state index in [4.69, 9.17) is 15.9 Å². The van der Waals surface area contributed by atoms with E-state index in [0.29, 0.717) is 59.4 Å². The van der Waals surface area contributed by atoms with Crippen molar-refractivity contribution in [3.63, 3.8) is 0 Å². The standard InChI is InChI=1S/C29H34F3N7O2/c1-17(2)23-11-21(34)12-24-27(23)41-28(37-24)18(3)5-7-22(13-33)36-26(40)16-38-9-10-39(19(4)15-38)25-8-6-20(14-35-25)29(30,31)32/h5-8,11-14,17,19H,3,9-10,15-16,33-34H2,1-2,4H3,(H,36,40)/b7-5-,22-13+/t19-/m1/s1. The van der Waals surface area contributed by atoms with E-state index in [-0.39, 0.29) is 24.4 Å². The smallest absolute Gasteiger partial charge is 0.417 e. The zero-order chi connectivity index (χ0) is 29.9. The fraction of sp³-hybridized carbons (Fsp3) is 0.345. The number of nitrogens with two attached hydrogens (primary N) is 2. The minimum atomic E-state index is -4.43. The van der Waals surface area contributed by atoms with Crippen LogP contribution in [-0.4, -0.2) is 53.0 Å². The molecule has 218 valence electrons. The van der Waals surface area contributed by atoms with E-state index in [1.807, 2.05) is 36.6 Å². The number of alkyl halides is 3. The van der Waals surface area contributed by atoms with Crippen LogP contribution in [0.2, 0.25) is 0 Å². The SMILES string of the molecule is C=C(/C=C\C(=C/N)NC(=O)CN1CCN(c2ccc(C(F)(F)F)cn2)[C@H](C)C1)c1nc2cc(N)cc(C(C)C)c2o1. The summed E-state index contributed by atoms with van der Waals surface area (Å²) in [5, 5.41) is 2.78. The van der Waals surface area contributed by atoms with Gasteiger partial charge in [-0.25, -0.2) is 9.97 Å². The predicted molar refractivity (Wildman–Crippen MR) is 154 cm³/mol. The van der Waals surface area contributed by atoms with Crippen molar-refractivity contribution in [3.05, 3.63) is 78.1 Å². The fourth-order valence-electron chi connectivity index (χ4n) is 4.69. The first-order valence-corrected chi connectivity index (χ1v) is 13.2. The summed E-state index contributed by atoms with van der Waals surface area (Å²) in [7, 11) is 0. The van der Waals surface area contributed by atoms with E-state index < -0.39 is 11.7 Å². The van der Waals surface area contributed by atoms with Crippen molar-refractivity contribution in [1.82, 2.24) is 20.2 Å². The van der Waals surface area contributed by atoms with Crippen molar-refractivity contribution in [2.24, 2.45) is 5.73 Å². The van der Waals surface area contributed by atoms with Gasteiger partial charge in [0, 0.05) is 54.9 Å². The molecule has 0 aliphatic carbocycles.